The first-order valence-corrected chi connectivity index (χ1v) is 11.8. The number of fused-ring (bicyclic) bond motifs is 1. The van der Waals surface area contributed by atoms with Crippen molar-refractivity contribution in [3.05, 3.63) is 68.3 Å². The predicted molar refractivity (Wildman–Crippen MR) is 126 cm³/mol. The highest BCUT2D eigenvalue weighted by atomic mass is 32.2. The topological polar surface area (TPSA) is 81.8 Å². The average molecular weight is 454 g/mol. The predicted octanol–water partition coefficient (Wildman–Crippen LogP) is 4.07. The third-order valence-corrected chi connectivity index (χ3v) is 6.65. The van der Waals surface area contributed by atoms with Crippen LogP contribution in [0.15, 0.2) is 51.7 Å². The van der Waals surface area contributed by atoms with Crippen molar-refractivity contribution in [3.63, 3.8) is 0 Å². The molecule has 4 aromatic rings. The van der Waals surface area contributed by atoms with Gasteiger partial charge in [-0.2, -0.15) is 5.10 Å². The molecule has 0 atom stereocenters. The fourth-order valence-electron chi connectivity index (χ4n) is 3.38. The van der Waals surface area contributed by atoms with Gasteiger partial charge in [-0.05, 0) is 49.9 Å². The molecule has 0 radical (unpaired) electrons. The smallest absolute Gasteiger partial charge is 0.280 e. The van der Waals surface area contributed by atoms with Crippen LogP contribution in [-0.4, -0.2) is 31.0 Å². The van der Waals surface area contributed by atoms with Gasteiger partial charge in [0.05, 0.1) is 18.0 Å². The molecular weight excluding hydrogens is 430 g/mol. The van der Waals surface area contributed by atoms with Crippen LogP contribution in [0, 0.1) is 13.8 Å². The zero-order valence-electron chi connectivity index (χ0n) is 17.6. The number of hydrogen-bond donors (Lipinski definition) is 1. The Labute approximate surface area is 188 Å². The van der Waals surface area contributed by atoms with Gasteiger partial charge >= 0.3 is 0 Å². The van der Waals surface area contributed by atoms with Gasteiger partial charge < -0.3 is 5.32 Å². The van der Waals surface area contributed by atoms with Crippen LogP contribution in [-0.2, 0) is 17.9 Å². The average Bonchev–Trinajstić information content (AvgIpc) is 3.36. The Balaban J connectivity index is 1.66. The van der Waals surface area contributed by atoms with E-state index >= 15 is 0 Å². The number of aryl methyl sites for hydroxylation is 3. The fraction of sp³-hybridized carbons (Fsp3) is 0.273. The van der Waals surface area contributed by atoms with Gasteiger partial charge in [0.25, 0.3) is 5.56 Å². The number of hydrogen-bond acceptors (Lipinski definition) is 6. The minimum atomic E-state index is -0.145. The molecule has 0 aliphatic rings. The van der Waals surface area contributed by atoms with Crippen molar-refractivity contribution in [1.82, 2.24) is 19.3 Å². The molecule has 0 bridgehead atoms. The molecule has 0 aliphatic heterocycles. The van der Waals surface area contributed by atoms with Crippen LogP contribution in [0.2, 0.25) is 0 Å². The number of carbonyl (C=O) groups is 1. The molecule has 0 fully saturated rings. The lowest BCUT2D eigenvalue weighted by atomic mass is 10.2. The molecule has 31 heavy (non-hydrogen) atoms. The molecule has 9 heteroatoms. The number of thiophene rings is 1. The summed E-state index contributed by atoms with van der Waals surface area (Å²) in [7, 11) is 0. The van der Waals surface area contributed by atoms with E-state index in [1.54, 1.807) is 20.6 Å². The van der Waals surface area contributed by atoms with Crippen LogP contribution in [0.4, 0.5) is 5.69 Å². The standard InChI is InChI=1S/C22H23N5O2S2/c1-4-27-20-19(15(3)25-27)24-22(26(21(20)29)12-17-9-6-10-30-17)31-13-18(28)23-16-8-5-7-14(2)11-16/h5-11H,4,12-13H2,1-3H3,(H,23,28). The number of thioether (sulfide) groups is 1. The number of rotatable bonds is 7. The monoisotopic (exact) mass is 453 g/mol. The normalized spacial score (nSPS) is 11.2. The van der Waals surface area contributed by atoms with Gasteiger partial charge in [0, 0.05) is 17.1 Å². The summed E-state index contributed by atoms with van der Waals surface area (Å²) in [5, 5.41) is 9.87. The Morgan fingerprint density at radius 3 is 2.77 bits per heavy atom. The van der Waals surface area contributed by atoms with Crippen LogP contribution >= 0.6 is 23.1 Å². The van der Waals surface area contributed by atoms with E-state index < -0.39 is 0 Å². The molecule has 0 spiro atoms. The Kier molecular flexibility index (Phi) is 6.24. The van der Waals surface area contributed by atoms with Gasteiger partial charge in [0.1, 0.15) is 5.52 Å². The van der Waals surface area contributed by atoms with E-state index in [4.69, 9.17) is 4.98 Å². The molecule has 7 nitrogen and oxygen atoms in total. The minimum absolute atomic E-state index is 0.137. The molecular formula is C22H23N5O2S2. The van der Waals surface area contributed by atoms with E-state index in [2.05, 4.69) is 10.4 Å². The maximum absolute atomic E-state index is 13.4. The fourth-order valence-corrected chi connectivity index (χ4v) is 4.86. The van der Waals surface area contributed by atoms with Crippen LogP contribution in [0.3, 0.4) is 0 Å². The van der Waals surface area contributed by atoms with E-state index in [0.717, 1.165) is 16.1 Å². The third kappa shape index (κ3) is 4.57. The van der Waals surface area contributed by atoms with Crippen molar-refractivity contribution < 1.29 is 4.79 Å². The number of benzene rings is 1. The van der Waals surface area contributed by atoms with Gasteiger partial charge in [-0.3, -0.25) is 18.8 Å². The number of nitrogens with one attached hydrogen (secondary N) is 1. The number of carbonyl (C=O) groups excluding carboxylic acids is 1. The van der Waals surface area contributed by atoms with Gasteiger partial charge in [0.15, 0.2) is 10.7 Å². The number of anilines is 1. The largest absolute Gasteiger partial charge is 0.325 e. The van der Waals surface area contributed by atoms with E-state index in [1.807, 2.05) is 62.5 Å². The number of aromatic nitrogens is 4. The SMILES string of the molecule is CCn1nc(C)c2nc(SCC(=O)Nc3cccc(C)c3)n(Cc3cccs3)c(=O)c21. The highest BCUT2D eigenvalue weighted by Gasteiger charge is 2.19. The van der Waals surface area contributed by atoms with Gasteiger partial charge in [-0.25, -0.2) is 4.98 Å². The quantitative estimate of drug-likeness (QED) is 0.337. The molecule has 1 amide bonds. The third-order valence-electron chi connectivity index (χ3n) is 4.81. The summed E-state index contributed by atoms with van der Waals surface area (Å²) >= 11 is 2.85. The Bertz CT molecular complexity index is 1290. The van der Waals surface area contributed by atoms with Crippen LogP contribution in [0.25, 0.3) is 11.0 Å². The van der Waals surface area contributed by atoms with Crippen molar-refractivity contribution in [1.29, 1.82) is 0 Å². The van der Waals surface area contributed by atoms with Crippen molar-refractivity contribution in [2.75, 3.05) is 11.1 Å². The second-order valence-electron chi connectivity index (χ2n) is 7.17. The van der Waals surface area contributed by atoms with E-state index in [9.17, 15) is 9.59 Å². The molecule has 3 heterocycles. The maximum Gasteiger partial charge on any atom is 0.280 e. The summed E-state index contributed by atoms with van der Waals surface area (Å²) in [5.41, 5.74) is 3.50. The van der Waals surface area contributed by atoms with Crippen LogP contribution in [0.5, 0.6) is 0 Å². The van der Waals surface area contributed by atoms with Gasteiger partial charge in [-0.1, -0.05) is 30.0 Å². The summed E-state index contributed by atoms with van der Waals surface area (Å²) in [6.07, 6.45) is 0. The van der Waals surface area contributed by atoms with Crippen molar-refractivity contribution in [2.45, 2.75) is 39.0 Å². The summed E-state index contributed by atoms with van der Waals surface area (Å²) < 4.78 is 3.34. The van der Waals surface area contributed by atoms with Crippen molar-refractivity contribution >= 4 is 45.7 Å². The zero-order chi connectivity index (χ0) is 22.0. The van der Waals surface area contributed by atoms with Crippen LogP contribution in [0.1, 0.15) is 23.1 Å². The lowest BCUT2D eigenvalue weighted by Gasteiger charge is -2.12. The van der Waals surface area contributed by atoms with Gasteiger partial charge in [0.2, 0.25) is 5.91 Å². The Morgan fingerprint density at radius 2 is 2.06 bits per heavy atom. The van der Waals surface area contributed by atoms with E-state index in [-0.39, 0.29) is 17.2 Å². The number of amides is 1. The highest BCUT2D eigenvalue weighted by Crippen LogP contribution is 2.22. The van der Waals surface area contributed by atoms with Crippen molar-refractivity contribution in [2.24, 2.45) is 0 Å². The summed E-state index contributed by atoms with van der Waals surface area (Å²) in [6, 6.07) is 11.6. The van der Waals surface area contributed by atoms with Crippen molar-refractivity contribution in [3.8, 4) is 0 Å². The first kappa shape index (κ1) is 21.3. The van der Waals surface area contributed by atoms with Gasteiger partial charge in [-0.15, -0.1) is 11.3 Å². The summed E-state index contributed by atoms with van der Waals surface area (Å²) in [5.74, 6) is 0.00527. The van der Waals surface area contributed by atoms with E-state index in [0.29, 0.717) is 35.0 Å². The first-order valence-electron chi connectivity index (χ1n) is 9.96. The van der Waals surface area contributed by atoms with Crippen LogP contribution < -0.4 is 10.9 Å². The summed E-state index contributed by atoms with van der Waals surface area (Å²) in [4.78, 5) is 31.7. The Morgan fingerprint density at radius 1 is 1.23 bits per heavy atom. The molecule has 0 saturated heterocycles. The summed E-state index contributed by atoms with van der Waals surface area (Å²) in [6.45, 7) is 6.78. The Hall–Kier alpha value is -2.91. The highest BCUT2D eigenvalue weighted by molar-refractivity contribution is 7.99. The number of nitrogens with zero attached hydrogens (tertiary/aromatic N) is 4. The minimum Gasteiger partial charge on any atom is -0.325 e. The second kappa shape index (κ2) is 9.07. The molecule has 0 aliphatic carbocycles. The lowest BCUT2D eigenvalue weighted by molar-refractivity contribution is -0.113. The molecule has 3 aromatic heterocycles. The molecule has 0 unspecified atom stereocenters. The molecule has 1 aromatic carbocycles. The zero-order valence-corrected chi connectivity index (χ0v) is 19.2. The molecule has 4 rings (SSSR count). The first-order chi connectivity index (χ1) is 15.0. The maximum atomic E-state index is 13.4. The molecule has 1 N–H and O–H groups in total. The lowest BCUT2D eigenvalue weighted by Crippen LogP contribution is -2.26. The van der Waals surface area contributed by atoms with E-state index in [1.165, 1.54) is 11.8 Å². The molecule has 160 valence electrons. The molecule has 0 saturated carbocycles. The second-order valence-corrected chi connectivity index (χ2v) is 9.14.